The van der Waals surface area contributed by atoms with Crippen molar-refractivity contribution >= 4 is 11.6 Å². The van der Waals surface area contributed by atoms with Gasteiger partial charge in [-0.25, -0.2) is 0 Å². The maximum Gasteiger partial charge on any atom is 0.200 e. The molecule has 4 nitrogen and oxygen atoms in total. The van der Waals surface area contributed by atoms with Gasteiger partial charge in [0.1, 0.15) is 0 Å². The molecule has 4 N–H and O–H groups in total. The molecular weight excluding hydrogens is 290 g/mol. The Balaban J connectivity index is 1.97. The van der Waals surface area contributed by atoms with E-state index in [2.05, 4.69) is 5.32 Å². The minimum Gasteiger partial charge on any atom is -0.504 e. The predicted molar refractivity (Wildman–Crippen MR) is 82.9 cm³/mol. The fourth-order valence-electron chi connectivity index (χ4n) is 2.10. The van der Waals surface area contributed by atoms with Crippen molar-refractivity contribution in [2.24, 2.45) is 0 Å². The van der Waals surface area contributed by atoms with E-state index in [4.69, 9.17) is 11.6 Å². The first-order chi connectivity index (χ1) is 9.99. The first-order valence-corrected chi connectivity index (χ1v) is 7.06. The van der Waals surface area contributed by atoms with Gasteiger partial charge in [-0.05, 0) is 31.0 Å². The van der Waals surface area contributed by atoms with Gasteiger partial charge in [0.2, 0.25) is 5.75 Å². The topological polar surface area (TPSA) is 72.7 Å². The Labute approximate surface area is 128 Å². The minimum atomic E-state index is -0.493. The summed E-state index contributed by atoms with van der Waals surface area (Å²) in [5.74, 6) is -1.12. The fraction of sp³-hybridized carbons (Fsp3) is 0.250. The summed E-state index contributed by atoms with van der Waals surface area (Å²) in [5.41, 5.74) is 1.58. The Bertz CT molecular complexity index is 631. The highest BCUT2D eigenvalue weighted by molar-refractivity contribution is 6.31. The molecule has 5 heteroatoms. The number of hydrogen-bond acceptors (Lipinski definition) is 4. The molecular formula is C16H18ClNO3. The predicted octanol–water partition coefficient (Wildman–Crippen LogP) is 3.18. The van der Waals surface area contributed by atoms with Gasteiger partial charge in [-0.3, -0.25) is 0 Å². The van der Waals surface area contributed by atoms with E-state index in [0.717, 1.165) is 17.0 Å². The Morgan fingerprint density at radius 3 is 2.43 bits per heavy atom. The van der Waals surface area contributed by atoms with Crippen LogP contribution in [0.15, 0.2) is 36.4 Å². The van der Waals surface area contributed by atoms with Crippen molar-refractivity contribution in [3.63, 3.8) is 0 Å². The molecule has 0 aliphatic heterocycles. The van der Waals surface area contributed by atoms with Crippen molar-refractivity contribution in [2.75, 3.05) is 0 Å². The Morgan fingerprint density at radius 1 is 1.00 bits per heavy atom. The summed E-state index contributed by atoms with van der Waals surface area (Å²) in [6.45, 7) is 2.39. The normalized spacial score (nSPS) is 12.3. The van der Waals surface area contributed by atoms with E-state index in [-0.39, 0.29) is 17.5 Å². The number of phenols is 3. The zero-order valence-electron chi connectivity index (χ0n) is 11.7. The molecule has 0 spiro atoms. The smallest absolute Gasteiger partial charge is 0.200 e. The van der Waals surface area contributed by atoms with Crippen molar-refractivity contribution in [1.82, 2.24) is 5.32 Å². The van der Waals surface area contributed by atoms with Crippen LogP contribution in [0.1, 0.15) is 18.1 Å². The molecule has 0 fully saturated rings. The molecule has 21 heavy (non-hydrogen) atoms. The van der Waals surface area contributed by atoms with Crippen LogP contribution in [0.3, 0.4) is 0 Å². The molecule has 1 unspecified atom stereocenters. The molecule has 2 aromatic carbocycles. The first kappa shape index (κ1) is 15.5. The van der Waals surface area contributed by atoms with E-state index in [1.165, 1.54) is 6.07 Å². The van der Waals surface area contributed by atoms with Crippen LogP contribution in [0.5, 0.6) is 17.2 Å². The van der Waals surface area contributed by atoms with Crippen LogP contribution in [0.25, 0.3) is 0 Å². The molecule has 0 radical (unpaired) electrons. The van der Waals surface area contributed by atoms with Gasteiger partial charge in [0, 0.05) is 23.2 Å². The van der Waals surface area contributed by atoms with Crippen molar-refractivity contribution in [3.8, 4) is 17.2 Å². The number of aromatic hydroxyl groups is 3. The highest BCUT2D eigenvalue weighted by atomic mass is 35.5. The summed E-state index contributed by atoms with van der Waals surface area (Å²) in [6.07, 6.45) is 0.754. The molecule has 0 aliphatic rings. The van der Waals surface area contributed by atoms with Gasteiger partial charge >= 0.3 is 0 Å². The minimum absolute atomic E-state index is 0.139. The lowest BCUT2D eigenvalue weighted by Crippen LogP contribution is -2.27. The lowest BCUT2D eigenvalue weighted by molar-refractivity contribution is 0.363. The Kier molecular flexibility index (Phi) is 4.94. The second-order valence-electron chi connectivity index (χ2n) is 5.02. The van der Waals surface area contributed by atoms with Crippen molar-refractivity contribution in [2.45, 2.75) is 25.9 Å². The summed E-state index contributed by atoms with van der Waals surface area (Å²) in [4.78, 5) is 0. The number of halogens is 1. The molecule has 112 valence electrons. The van der Waals surface area contributed by atoms with Gasteiger partial charge in [0.05, 0.1) is 0 Å². The second kappa shape index (κ2) is 6.70. The van der Waals surface area contributed by atoms with E-state index in [1.807, 2.05) is 31.2 Å². The summed E-state index contributed by atoms with van der Waals surface area (Å²) >= 11 is 6.12. The zero-order chi connectivity index (χ0) is 15.4. The molecule has 1 atom stereocenters. The Hall–Kier alpha value is -1.91. The third kappa shape index (κ3) is 3.80. The SMILES string of the molecule is CC(Cc1ccccc1Cl)NCc1ccc(O)c(O)c1O. The highest BCUT2D eigenvalue weighted by Gasteiger charge is 2.12. The number of phenolic OH excluding ortho intramolecular Hbond substituents is 3. The number of hydrogen-bond donors (Lipinski definition) is 4. The average Bonchev–Trinajstić information content (AvgIpc) is 2.46. The molecule has 0 heterocycles. The molecule has 0 saturated heterocycles. The van der Waals surface area contributed by atoms with E-state index in [0.29, 0.717) is 12.1 Å². The Morgan fingerprint density at radius 2 is 1.71 bits per heavy atom. The fourth-order valence-corrected chi connectivity index (χ4v) is 2.32. The van der Waals surface area contributed by atoms with Crippen LogP contribution >= 0.6 is 11.6 Å². The lowest BCUT2D eigenvalue weighted by Gasteiger charge is -2.16. The van der Waals surface area contributed by atoms with Crippen molar-refractivity contribution in [1.29, 1.82) is 0 Å². The molecule has 2 rings (SSSR count). The van der Waals surface area contributed by atoms with Crippen LogP contribution in [-0.4, -0.2) is 21.4 Å². The molecule has 0 bridgehead atoms. The van der Waals surface area contributed by atoms with Crippen LogP contribution < -0.4 is 5.32 Å². The quantitative estimate of drug-likeness (QED) is 0.640. The lowest BCUT2D eigenvalue weighted by atomic mass is 10.1. The second-order valence-corrected chi connectivity index (χ2v) is 5.43. The zero-order valence-corrected chi connectivity index (χ0v) is 12.4. The summed E-state index contributed by atoms with van der Waals surface area (Å²) in [7, 11) is 0. The summed E-state index contributed by atoms with van der Waals surface area (Å²) in [6, 6.07) is 10.7. The molecule has 0 aromatic heterocycles. The standard InChI is InChI=1S/C16H18ClNO3/c1-10(8-11-4-2-3-5-13(11)17)18-9-12-6-7-14(19)16(21)15(12)20/h2-7,10,18-21H,8-9H2,1H3. The largest absolute Gasteiger partial charge is 0.504 e. The number of nitrogens with one attached hydrogen (secondary N) is 1. The number of benzene rings is 2. The van der Waals surface area contributed by atoms with Gasteiger partial charge in [-0.2, -0.15) is 0 Å². The maximum atomic E-state index is 9.75. The molecule has 2 aromatic rings. The molecule has 0 saturated carbocycles. The van der Waals surface area contributed by atoms with Crippen molar-refractivity contribution < 1.29 is 15.3 Å². The van der Waals surface area contributed by atoms with E-state index in [1.54, 1.807) is 6.07 Å². The molecule has 0 amide bonds. The highest BCUT2D eigenvalue weighted by Crippen LogP contribution is 2.36. The molecule has 0 aliphatic carbocycles. The third-order valence-corrected chi connectivity index (χ3v) is 3.71. The van der Waals surface area contributed by atoms with Crippen LogP contribution in [0.4, 0.5) is 0 Å². The average molecular weight is 308 g/mol. The van der Waals surface area contributed by atoms with Crippen LogP contribution in [0, 0.1) is 0 Å². The van der Waals surface area contributed by atoms with Crippen LogP contribution in [0.2, 0.25) is 5.02 Å². The van der Waals surface area contributed by atoms with E-state index < -0.39 is 5.75 Å². The van der Waals surface area contributed by atoms with E-state index in [9.17, 15) is 15.3 Å². The third-order valence-electron chi connectivity index (χ3n) is 3.34. The van der Waals surface area contributed by atoms with Gasteiger partial charge < -0.3 is 20.6 Å². The van der Waals surface area contributed by atoms with Gasteiger partial charge in [-0.15, -0.1) is 0 Å². The van der Waals surface area contributed by atoms with Crippen molar-refractivity contribution in [3.05, 3.63) is 52.5 Å². The monoisotopic (exact) mass is 307 g/mol. The first-order valence-electron chi connectivity index (χ1n) is 6.68. The van der Waals surface area contributed by atoms with Crippen LogP contribution in [-0.2, 0) is 13.0 Å². The summed E-state index contributed by atoms with van der Waals surface area (Å²) in [5, 5.41) is 32.5. The van der Waals surface area contributed by atoms with Gasteiger partial charge in [0.25, 0.3) is 0 Å². The summed E-state index contributed by atoms with van der Waals surface area (Å²) < 4.78 is 0. The number of rotatable bonds is 5. The van der Waals surface area contributed by atoms with Gasteiger partial charge in [0.15, 0.2) is 11.5 Å². The maximum absolute atomic E-state index is 9.75. The van der Waals surface area contributed by atoms with Gasteiger partial charge in [-0.1, -0.05) is 35.9 Å². The van der Waals surface area contributed by atoms with E-state index >= 15 is 0 Å².